The van der Waals surface area contributed by atoms with Gasteiger partial charge in [0, 0.05) is 12.8 Å². The zero-order chi connectivity index (χ0) is 42.1. The quantitative estimate of drug-likeness (QED) is 0.0214. The summed E-state index contributed by atoms with van der Waals surface area (Å²) in [7, 11) is 5.94. The Kier molecular flexibility index (Phi) is 38.5. The Morgan fingerprint density at radius 2 is 0.947 bits per heavy atom. The first-order valence-electron chi connectivity index (χ1n) is 23.2. The van der Waals surface area contributed by atoms with Crippen molar-refractivity contribution >= 4 is 17.9 Å². The lowest BCUT2D eigenvalue weighted by Gasteiger charge is -2.25. The van der Waals surface area contributed by atoms with Gasteiger partial charge in [0.25, 0.3) is 6.29 Å². The molecule has 0 aromatic rings. The van der Waals surface area contributed by atoms with Gasteiger partial charge in [0.2, 0.25) is 0 Å². The van der Waals surface area contributed by atoms with Crippen molar-refractivity contribution in [3.63, 3.8) is 0 Å². The van der Waals surface area contributed by atoms with Crippen molar-refractivity contribution in [1.29, 1.82) is 0 Å². The lowest BCUT2D eigenvalue weighted by atomic mass is 10.0. The summed E-state index contributed by atoms with van der Waals surface area (Å²) in [5.74, 6) is -2.02. The molecule has 0 fully saturated rings. The zero-order valence-corrected chi connectivity index (χ0v) is 37.5. The van der Waals surface area contributed by atoms with E-state index in [9.17, 15) is 19.5 Å². The Balaban J connectivity index is 4.09. The van der Waals surface area contributed by atoms with Gasteiger partial charge in [-0.15, -0.1) is 0 Å². The Morgan fingerprint density at radius 1 is 0.526 bits per heavy atom. The monoisotopic (exact) mass is 807 g/mol. The Bertz CT molecular complexity index is 1030. The van der Waals surface area contributed by atoms with E-state index in [4.69, 9.17) is 18.9 Å². The molecule has 0 rings (SSSR count). The number of rotatable bonds is 42. The number of carboxylic acid groups (broad SMARTS) is 1. The minimum atomic E-state index is -1.50. The van der Waals surface area contributed by atoms with Crippen LogP contribution in [0, 0.1) is 0 Å². The Hall–Kier alpha value is -2.49. The van der Waals surface area contributed by atoms with Crippen LogP contribution in [0.1, 0.15) is 194 Å². The van der Waals surface area contributed by atoms with Crippen LogP contribution in [0.25, 0.3) is 0 Å². The maximum atomic E-state index is 12.7. The van der Waals surface area contributed by atoms with Gasteiger partial charge in [-0.1, -0.05) is 166 Å². The number of aliphatic carboxylic acids is 1. The fourth-order valence-electron chi connectivity index (χ4n) is 6.25. The smallest absolute Gasteiger partial charge is 0.361 e. The molecule has 9 heteroatoms. The van der Waals surface area contributed by atoms with E-state index in [2.05, 4.69) is 50.3 Å². The topological polar surface area (TPSA) is 108 Å². The predicted octanol–water partition coefficient (Wildman–Crippen LogP) is 12.2. The largest absolute Gasteiger partial charge is 0.477 e. The first-order chi connectivity index (χ1) is 27.6. The second-order valence-corrected chi connectivity index (χ2v) is 16.7. The van der Waals surface area contributed by atoms with Crippen molar-refractivity contribution in [1.82, 2.24) is 0 Å². The molecule has 9 nitrogen and oxygen atoms in total. The highest BCUT2D eigenvalue weighted by atomic mass is 16.7. The fraction of sp³-hybridized carbons (Fsp3) is 0.812. The number of unbranched alkanes of at least 4 members (excludes halogenated alkanes) is 21. The summed E-state index contributed by atoms with van der Waals surface area (Å²) in [6.45, 7) is 4.76. The molecule has 1 N–H and O–H groups in total. The van der Waals surface area contributed by atoms with Gasteiger partial charge in [-0.2, -0.15) is 0 Å². The zero-order valence-electron chi connectivity index (χ0n) is 37.5. The van der Waals surface area contributed by atoms with Crippen molar-refractivity contribution in [2.45, 2.75) is 206 Å². The van der Waals surface area contributed by atoms with Crippen LogP contribution in [-0.4, -0.2) is 87.4 Å². The average Bonchev–Trinajstić information content (AvgIpc) is 3.17. The average molecular weight is 807 g/mol. The van der Waals surface area contributed by atoms with Crippen molar-refractivity contribution in [2.24, 2.45) is 0 Å². The third kappa shape index (κ3) is 41.5. The molecule has 0 aliphatic heterocycles. The molecule has 57 heavy (non-hydrogen) atoms. The molecule has 0 heterocycles. The van der Waals surface area contributed by atoms with Crippen LogP contribution in [0.3, 0.4) is 0 Å². The predicted molar refractivity (Wildman–Crippen MR) is 235 cm³/mol. The highest BCUT2D eigenvalue weighted by Gasteiger charge is 2.25. The number of esters is 2. The van der Waals surface area contributed by atoms with Gasteiger partial charge in [0.1, 0.15) is 13.2 Å². The highest BCUT2D eigenvalue weighted by molar-refractivity contribution is 5.71. The second-order valence-electron chi connectivity index (χ2n) is 16.7. The van der Waals surface area contributed by atoms with Crippen molar-refractivity contribution in [3.05, 3.63) is 36.5 Å². The molecule has 2 unspecified atom stereocenters. The van der Waals surface area contributed by atoms with Gasteiger partial charge in [0.05, 0.1) is 34.4 Å². The molecule has 0 aliphatic rings. The summed E-state index contributed by atoms with van der Waals surface area (Å²) >= 11 is 0. The minimum Gasteiger partial charge on any atom is -0.477 e. The van der Waals surface area contributed by atoms with Crippen molar-refractivity contribution in [3.8, 4) is 0 Å². The highest BCUT2D eigenvalue weighted by Crippen LogP contribution is 2.15. The molecule has 2 atom stereocenters. The first-order valence-corrected chi connectivity index (χ1v) is 23.2. The van der Waals surface area contributed by atoms with Gasteiger partial charge < -0.3 is 28.5 Å². The maximum absolute atomic E-state index is 12.7. The van der Waals surface area contributed by atoms with Crippen LogP contribution >= 0.6 is 0 Å². The third-order valence-corrected chi connectivity index (χ3v) is 9.90. The molecule has 0 amide bonds. The van der Waals surface area contributed by atoms with E-state index in [1.807, 2.05) is 21.1 Å². The summed E-state index contributed by atoms with van der Waals surface area (Å²) in [5.41, 5.74) is 0. The molecule has 0 aromatic carbocycles. The van der Waals surface area contributed by atoms with E-state index in [1.54, 1.807) is 0 Å². The normalized spacial score (nSPS) is 13.2. The third-order valence-electron chi connectivity index (χ3n) is 9.90. The van der Waals surface area contributed by atoms with Gasteiger partial charge in [-0.05, 0) is 51.4 Å². The maximum Gasteiger partial charge on any atom is 0.361 e. The van der Waals surface area contributed by atoms with Gasteiger partial charge >= 0.3 is 17.9 Å². The summed E-state index contributed by atoms with van der Waals surface area (Å²) in [4.78, 5) is 36.8. The van der Waals surface area contributed by atoms with Crippen molar-refractivity contribution in [2.75, 3.05) is 47.5 Å². The number of hydrogen-bond donors (Lipinski definition) is 1. The van der Waals surface area contributed by atoms with Gasteiger partial charge in [-0.3, -0.25) is 9.59 Å². The number of allylic oxidation sites excluding steroid dienone is 6. The van der Waals surface area contributed by atoms with Gasteiger partial charge in [-0.25, -0.2) is 4.79 Å². The molecule has 0 saturated heterocycles. The van der Waals surface area contributed by atoms with Crippen LogP contribution in [0.2, 0.25) is 0 Å². The number of quaternary nitrogens is 1. The molecular formula is C48H88NO8+. The van der Waals surface area contributed by atoms with Crippen LogP contribution in [-0.2, 0) is 33.3 Å². The summed E-state index contributed by atoms with van der Waals surface area (Å²) in [5, 5.41) is 9.58. The van der Waals surface area contributed by atoms with E-state index in [0.29, 0.717) is 17.4 Å². The molecule has 0 radical (unpaired) electrons. The second kappa shape index (κ2) is 40.3. The van der Waals surface area contributed by atoms with E-state index in [0.717, 1.165) is 64.2 Å². The lowest BCUT2D eigenvalue weighted by molar-refractivity contribution is -0.870. The SMILES string of the molecule is CCCCCCC/C=C\C/C=C\C/C=C\CCCCCCCCCCCCCCC(=O)OC(COC(=O)CCCCCCC)COC(OCC[N+](C)(C)C)C(=O)O. The van der Waals surface area contributed by atoms with Crippen LogP contribution in [0.15, 0.2) is 36.5 Å². The van der Waals surface area contributed by atoms with Crippen molar-refractivity contribution < 1.29 is 42.9 Å². The van der Waals surface area contributed by atoms with E-state index >= 15 is 0 Å². The van der Waals surface area contributed by atoms with E-state index in [-0.39, 0.29) is 32.2 Å². The number of carbonyl (C=O) groups is 3. The van der Waals surface area contributed by atoms with Crippen LogP contribution in [0.4, 0.5) is 0 Å². The summed E-state index contributed by atoms with van der Waals surface area (Å²) in [6.07, 6.45) is 42.6. The van der Waals surface area contributed by atoms with E-state index in [1.165, 1.54) is 103 Å². The number of carbonyl (C=O) groups excluding carboxylic acids is 2. The van der Waals surface area contributed by atoms with Crippen LogP contribution < -0.4 is 0 Å². The molecule has 0 spiro atoms. The van der Waals surface area contributed by atoms with Crippen LogP contribution in [0.5, 0.6) is 0 Å². The number of ether oxygens (including phenoxy) is 4. The minimum absolute atomic E-state index is 0.182. The molecule has 332 valence electrons. The Labute approximate surface area is 350 Å². The number of nitrogens with zero attached hydrogens (tertiary/aromatic N) is 1. The standard InChI is InChI=1S/C48H87NO8/c1-6-8-10-12-13-14-15-16-17-18-19-20-21-22-23-24-25-26-27-28-29-30-31-32-33-35-37-39-46(51)57-44(42-55-45(50)38-36-34-11-9-7-2)43-56-48(47(52)53)54-41-40-49(3,4)5/h15-16,18-19,21-22,44,48H,6-14,17,20,23-43H2,1-5H3/p+1/b16-15-,19-18-,22-21-. The van der Waals surface area contributed by atoms with E-state index < -0.39 is 24.3 Å². The molecule has 0 aliphatic carbocycles. The lowest BCUT2D eigenvalue weighted by Crippen LogP contribution is -2.40. The summed E-state index contributed by atoms with van der Waals surface area (Å²) < 4.78 is 22.6. The molecule has 0 saturated carbocycles. The van der Waals surface area contributed by atoms with Gasteiger partial charge in [0.15, 0.2) is 6.10 Å². The number of hydrogen-bond acceptors (Lipinski definition) is 7. The fourth-order valence-corrected chi connectivity index (χ4v) is 6.25. The number of likely N-dealkylation sites (N-methyl/N-ethyl adjacent to an activating group) is 1. The Morgan fingerprint density at radius 3 is 1.40 bits per heavy atom. The molecule has 0 bridgehead atoms. The molecule has 0 aromatic heterocycles. The first kappa shape index (κ1) is 54.5. The number of carboxylic acids is 1. The summed E-state index contributed by atoms with van der Waals surface area (Å²) in [6, 6.07) is 0. The molecular weight excluding hydrogens is 719 g/mol.